The summed E-state index contributed by atoms with van der Waals surface area (Å²) in [6.07, 6.45) is 1.91. The predicted molar refractivity (Wildman–Crippen MR) is 60.3 cm³/mol. The molecule has 2 aliphatic rings. The summed E-state index contributed by atoms with van der Waals surface area (Å²) in [5, 5.41) is 3.41. The van der Waals surface area contributed by atoms with E-state index in [9.17, 15) is 4.79 Å². The third kappa shape index (κ3) is 2.83. The van der Waals surface area contributed by atoms with E-state index in [-0.39, 0.29) is 18.3 Å². The van der Waals surface area contributed by atoms with E-state index in [4.69, 9.17) is 4.74 Å². The minimum atomic E-state index is 0. The van der Waals surface area contributed by atoms with Crippen LogP contribution in [0.5, 0.6) is 0 Å². The van der Waals surface area contributed by atoms with Gasteiger partial charge in [-0.1, -0.05) is 6.92 Å². The lowest BCUT2D eigenvalue weighted by Crippen LogP contribution is -2.59. The first-order valence-electron chi connectivity index (χ1n) is 5.44. The van der Waals surface area contributed by atoms with Crippen molar-refractivity contribution in [2.75, 3.05) is 26.2 Å². The predicted octanol–water partition coefficient (Wildman–Crippen LogP) is 0.407. The molecule has 15 heavy (non-hydrogen) atoms. The van der Waals surface area contributed by atoms with Crippen LogP contribution in [0.15, 0.2) is 0 Å². The third-order valence-electron chi connectivity index (χ3n) is 3.05. The number of piperidine rings is 1. The van der Waals surface area contributed by atoms with E-state index >= 15 is 0 Å². The molecule has 0 aromatic heterocycles. The molecule has 0 aromatic rings. The number of likely N-dealkylation sites (tertiary alicyclic amines) is 1. The molecule has 1 N–H and O–H groups in total. The van der Waals surface area contributed by atoms with E-state index in [1.165, 1.54) is 0 Å². The van der Waals surface area contributed by atoms with Gasteiger partial charge in [-0.05, 0) is 6.42 Å². The Morgan fingerprint density at radius 2 is 2.40 bits per heavy atom. The normalized spacial score (nSPS) is 30.3. The molecule has 2 rings (SSSR count). The second kappa shape index (κ2) is 5.68. The smallest absolute Gasteiger partial charge is 0.222 e. The molecule has 2 saturated heterocycles. The van der Waals surface area contributed by atoms with Crippen LogP contribution in [0.3, 0.4) is 0 Å². The molecule has 0 aromatic carbocycles. The van der Waals surface area contributed by atoms with Crippen molar-refractivity contribution in [3.8, 4) is 0 Å². The van der Waals surface area contributed by atoms with Crippen LogP contribution < -0.4 is 5.32 Å². The summed E-state index contributed by atoms with van der Waals surface area (Å²) in [7, 11) is 0. The lowest BCUT2D eigenvalue weighted by atomic mass is 10.0. The molecule has 1 amide bonds. The molecule has 2 heterocycles. The Hall–Kier alpha value is -0.320. The summed E-state index contributed by atoms with van der Waals surface area (Å²) in [4.78, 5) is 13.4. The molecule has 4 nitrogen and oxygen atoms in total. The van der Waals surface area contributed by atoms with Crippen molar-refractivity contribution in [1.82, 2.24) is 10.2 Å². The van der Waals surface area contributed by atoms with Gasteiger partial charge in [0.05, 0.1) is 18.8 Å². The lowest BCUT2D eigenvalue weighted by Gasteiger charge is -2.41. The van der Waals surface area contributed by atoms with Crippen LogP contribution in [0, 0.1) is 0 Å². The van der Waals surface area contributed by atoms with Crippen molar-refractivity contribution in [3.63, 3.8) is 0 Å². The number of halogens is 1. The molecule has 0 bridgehead atoms. The van der Waals surface area contributed by atoms with E-state index in [0.717, 1.165) is 32.7 Å². The Bertz CT molecular complexity index is 225. The molecule has 2 unspecified atom stereocenters. The van der Waals surface area contributed by atoms with Crippen LogP contribution in [-0.4, -0.2) is 49.2 Å². The topological polar surface area (TPSA) is 41.6 Å². The van der Waals surface area contributed by atoms with Gasteiger partial charge < -0.3 is 15.0 Å². The van der Waals surface area contributed by atoms with Gasteiger partial charge >= 0.3 is 0 Å². The van der Waals surface area contributed by atoms with Gasteiger partial charge in [-0.2, -0.15) is 0 Å². The van der Waals surface area contributed by atoms with Crippen molar-refractivity contribution >= 4 is 18.3 Å². The standard InChI is InChI=1S/C10H18N2O2.ClH/c1-2-10(13)12-5-3-9-8(7-12)11-4-6-14-9;/h8-9,11H,2-7H2,1H3;1H. The second-order valence-corrected chi connectivity index (χ2v) is 3.95. The number of morpholine rings is 1. The SMILES string of the molecule is CCC(=O)N1CCC2OCCNC2C1.Cl. The molecule has 0 saturated carbocycles. The summed E-state index contributed by atoms with van der Waals surface area (Å²) in [5.74, 6) is 0.260. The molecule has 2 fully saturated rings. The molecule has 2 atom stereocenters. The van der Waals surface area contributed by atoms with Gasteiger partial charge in [-0.25, -0.2) is 0 Å². The summed E-state index contributed by atoms with van der Waals surface area (Å²) < 4.78 is 5.64. The highest BCUT2D eigenvalue weighted by Crippen LogP contribution is 2.17. The van der Waals surface area contributed by atoms with E-state index in [2.05, 4.69) is 5.32 Å². The molecule has 88 valence electrons. The van der Waals surface area contributed by atoms with Crippen molar-refractivity contribution in [2.45, 2.75) is 31.9 Å². The van der Waals surface area contributed by atoms with E-state index in [1.807, 2.05) is 11.8 Å². The molecular formula is C10H19ClN2O2. The molecule has 0 aliphatic carbocycles. The number of ether oxygens (including phenoxy) is 1. The number of hydrogen-bond acceptors (Lipinski definition) is 3. The fourth-order valence-electron chi connectivity index (χ4n) is 2.23. The maximum atomic E-state index is 11.5. The molecular weight excluding hydrogens is 216 g/mol. The van der Waals surface area contributed by atoms with Crippen molar-refractivity contribution < 1.29 is 9.53 Å². The number of fused-ring (bicyclic) bond motifs is 1. The average molecular weight is 235 g/mol. The van der Waals surface area contributed by atoms with Crippen LogP contribution in [-0.2, 0) is 9.53 Å². The largest absolute Gasteiger partial charge is 0.375 e. The zero-order valence-electron chi connectivity index (χ0n) is 9.07. The van der Waals surface area contributed by atoms with Gasteiger partial charge in [-0.15, -0.1) is 12.4 Å². The number of amides is 1. The van der Waals surface area contributed by atoms with Crippen LogP contribution in [0.25, 0.3) is 0 Å². The maximum absolute atomic E-state index is 11.5. The van der Waals surface area contributed by atoms with Crippen LogP contribution in [0.2, 0.25) is 0 Å². The highest BCUT2D eigenvalue weighted by atomic mass is 35.5. The van der Waals surface area contributed by atoms with Gasteiger partial charge in [0, 0.05) is 26.1 Å². The molecule has 2 aliphatic heterocycles. The molecule has 0 spiro atoms. The summed E-state index contributed by atoms with van der Waals surface area (Å²) in [6, 6.07) is 0.355. The van der Waals surface area contributed by atoms with E-state index in [0.29, 0.717) is 18.6 Å². The van der Waals surface area contributed by atoms with Gasteiger partial charge in [0.1, 0.15) is 0 Å². The number of nitrogens with one attached hydrogen (secondary N) is 1. The maximum Gasteiger partial charge on any atom is 0.222 e. The number of carbonyl (C=O) groups is 1. The Morgan fingerprint density at radius 1 is 1.60 bits per heavy atom. The van der Waals surface area contributed by atoms with Crippen molar-refractivity contribution in [2.24, 2.45) is 0 Å². The van der Waals surface area contributed by atoms with Gasteiger partial charge in [0.2, 0.25) is 5.91 Å². The highest BCUT2D eigenvalue weighted by Gasteiger charge is 2.33. The Labute approximate surface area is 96.7 Å². The Morgan fingerprint density at radius 3 is 3.13 bits per heavy atom. The molecule has 0 radical (unpaired) electrons. The average Bonchev–Trinajstić information content (AvgIpc) is 2.27. The second-order valence-electron chi connectivity index (χ2n) is 3.95. The Balaban J connectivity index is 0.00000112. The van der Waals surface area contributed by atoms with Crippen molar-refractivity contribution in [3.05, 3.63) is 0 Å². The summed E-state index contributed by atoms with van der Waals surface area (Å²) in [6.45, 7) is 5.31. The fraction of sp³-hybridized carbons (Fsp3) is 0.900. The first-order valence-corrected chi connectivity index (χ1v) is 5.44. The van der Waals surface area contributed by atoms with Gasteiger partial charge in [0.25, 0.3) is 0 Å². The fourth-order valence-corrected chi connectivity index (χ4v) is 2.23. The number of rotatable bonds is 1. The monoisotopic (exact) mass is 234 g/mol. The minimum absolute atomic E-state index is 0. The molecule has 5 heteroatoms. The lowest BCUT2D eigenvalue weighted by molar-refractivity contribution is -0.135. The quantitative estimate of drug-likeness (QED) is 0.715. The third-order valence-corrected chi connectivity index (χ3v) is 3.05. The summed E-state index contributed by atoms with van der Waals surface area (Å²) >= 11 is 0. The van der Waals surface area contributed by atoms with Crippen LogP contribution in [0.4, 0.5) is 0 Å². The number of carbonyl (C=O) groups excluding carboxylic acids is 1. The number of hydrogen-bond donors (Lipinski definition) is 1. The number of nitrogens with zero attached hydrogens (tertiary/aromatic N) is 1. The Kier molecular flexibility index (Phi) is 4.83. The first kappa shape index (κ1) is 12.7. The zero-order chi connectivity index (χ0) is 9.97. The van der Waals surface area contributed by atoms with Crippen LogP contribution >= 0.6 is 12.4 Å². The first-order chi connectivity index (χ1) is 6.81. The van der Waals surface area contributed by atoms with Gasteiger partial charge in [-0.3, -0.25) is 4.79 Å². The van der Waals surface area contributed by atoms with E-state index in [1.54, 1.807) is 0 Å². The highest BCUT2D eigenvalue weighted by molar-refractivity contribution is 5.85. The summed E-state index contributed by atoms with van der Waals surface area (Å²) in [5.41, 5.74) is 0. The van der Waals surface area contributed by atoms with Crippen molar-refractivity contribution in [1.29, 1.82) is 0 Å². The van der Waals surface area contributed by atoms with Crippen LogP contribution in [0.1, 0.15) is 19.8 Å². The minimum Gasteiger partial charge on any atom is -0.375 e. The van der Waals surface area contributed by atoms with Gasteiger partial charge in [0.15, 0.2) is 0 Å². The zero-order valence-corrected chi connectivity index (χ0v) is 9.89. The van der Waals surface area contributed by atoms with E-state index < -0.39 is 0 Å².